The second kappa shape index (κ2) is 4.22. The molecule has 6 nitrogen and oxygen atoms in total. The standard InChI is InChI=1S/C6H11NO5S/c1-4(6(10)7-2)13(11,12)3-5(8)9/h4H,3H2,1-2H3,(H,7,10)(H,8,9). The zero-order valence-electron chi connectivity index (χ0n) is 7.27. The fourth-order valence-electron chi connectivity index (χ4n) is 0.663. The average molecular weight is 209 g/mol. The molecule has 0 aliphatic rings. The van der Waals surface area contributed by atoms with Gasteiger partial charge in [-0.05, 0) is 6.92 Å². The number of aliphatic carboxylic acids is 1. The van der Waals surface area contributed by atoms with Crippen LogP contribution in [0.1, 0.15) is 6.92 Å². The molecule has 1 unspecified atom stereocenters. The van der Waals surface area contributed by atoms with E-state index in [4.69, 9.17) is 5.11 Å². The highest BCUT2D eigenvalue weighted by molar-refractivity contribution is 7.93. The molecule has 0 aromatic rings. The number of carboxylic acids is 1. The highest BCUT2D eigenvalue weighted by atomic mass is 32.2. The molecule has 1 atom stereocenters. The number of nitrogens with one attached hydrogen (secondary N) is 1. The van der Waals surface area contributed by atoms with Crippen LogP contribution in [0, 0.1) is 0 Å². The third-order valence-corrected chi connectivity index (χ3v) is 3.42. The fourth-order valence-corrected chi connectivity index (χ4v) is 1.70. The monoisotopic (exact) mass is 209 g/mol. The Balaban J connectivity index is 4.65. The van der Waals surface area contributed by atoms with Crippen LogP contribution in [0.15, 0.2) is 0 Å². The van der Waals surface area contributed by atoms with E-state index in [1.54, 1.807) is 0 Å². The van der Waals surface area contributed by atoms with Gasteiger partial charge in [-0.3, -0.25) is 9.59 Å². The summed E-state index contributed by atoms with van der Waals surface area (Å²) < 4.78 is 22.2. The van der Waals surface area contributed by atoms with Gasteiger partial charge in [0.15, 0.2) is 9.84 Å². The lowest BCUT2D eigenvalue weighted by Gasteiger charge is -2.08. The van der Waals surface area contributed by atoms with Gasteiger partial charge in [0.2, 0.25) is 5.91 Å². The zero-order valence-corrected chi connectivity index (χ0v) is 8.09. The number of rotatable bonds is 4. The summed E-state index contributed by atoms with van der Waals surface area (Å²) in [5.74, 6) is -3.20. The van der Waals surface area contributed by atoms with Gasteiger partial charge in [-0.15, -0.1) is 0 Å². The highest BCUT2D eigenvalue weighted by Gasteiger charge is 2.29. The Morgan fingerprint density at radius 2 is 1.92 bits per heavy atom. The summed E-state index contributed by atoms with van der Waals surface area (Å²) in [5.41, 5.74) is 0. The van der Waals surface area contributed by atoms with E-state index < -0.39 is 32.7 Å². The first-order valence-electron chi connectivity index (χ1n) is 3.46. The van der Waals surface area contributed by atoms with Crippen molar-refractivity contribution < 1.29 is 23.1 Å². The number of hydrogen-bond acceptors (Lipinski definition) is 4. The van der Waals surface area contributed by atoms with Gasteiger partial charge in [-0.1, -0.05) is 0 Å². The minimum atomic E-state index is -3.88. The summed E-state index contributed by atoms with van der Waals surface area (Å²) in [6, 6.07) is 0. The quantitative estimate of drug-likeness (QED) is 0.594. The smallest absolute Gasteiger partial charge is 0.318 e. The van der Waals surface area contributed by atoms with Gasteiger partial charge in [-0.25, -0.2) is 8.42 Å². The minimum absolute atomic E-state index is 0.707. The van der Waals surface area contributed by atoms with Gasteiger partial charge in [0, 0.05) is 7.05 Å². The maximum absolute atomic E-state index is 11.1. The molecule has 0 aromatic carbocycles. The maximum Gasteiger partial charge on any atom is 0.318 e. The summed E-state index contributed by atoms with van der Waals surface area (Å²) in [6.45, 7) is 1.15. The molecule has 0 bridgehead atoms. The lowest BCUT2D eigenvalue weighted by molar-refractivity contribution is -0.134. The molecular formula is C6H11NO5S. The van der Waals surface area contributed by atoms with Crippen LogP contribution in [0.5, 0.6) is 0 Å². The molecule has 76 valence electrons. The lowest BCUT2D eigenvalue weighted by atomic mass is 10.4. The number of sulfone groups is 1. The summed E-state index contributed by atoms with van der Waals surface area (Å²) in [6.07, 6.45) is 0. The number of carbonyl (C=O) groups excluding carboxylic acids is 1. The molecule has 0 fully saturated rings. The van der Waals surface area contributed by atoms with Crippen LogP contribution in [-0.4, -0.2) is 43.5 Å². The van der Waals surface area contributed by atoms with Crippen molar-refractivity contribution in [1.82, 2.24) is 5.32 Å². The summed E-state index contributed by atoms with van der Waals surface area (Å²) in [4.78, 5) is 21.0. The van der Waals surface area contributed by atoms with Gasteiger partial charge < -0.3 is 10.4 Å². The van der Waals surface area contributed by atoms with Gasteiger partial charge in [-0.2, -0.15) is 0 Å². The normalized spacial score (nSPS) is 13.4. The van der Waals surface area contributed by atoms with Crippen LogP contribution < -0.4 is 5.32 Å². The molecule has 0 saturated heterocycles. The van der Waals surface area contributed by atoms with Gasteiger partial charge in [0.25, 0.3) is 0 Å². The Morgan fingerprint density at radius 3 is 2.23 bits per heavy atom. The molecular weight excluding hydrogens is 198 g/mol. The van der Waals surface area contributed by atoms with Crippen molar-refractivity contribution in [3.63, 3.8) is 0 Å². The topological polar surface area (TPSA) is 101 Å². The number of carbonyl (C=O) groups is 2. The minimum Gasteiger partial charge on any atom is -0.480 e. The molecule has 7 heteroatoms. The van der Waals surface area contributed by atoms with E-state index in [-0.39, 0.29) is 0 Å². The molecule has 0 aromatic heterocycles. The van der Waals surface area contributed by atoms with Gasteiger partial charge in [0.1, 0.15) is 11.0 Å². The van der Waals surface area contributed by atoms with E-state index >= 15 is 0 Å². The molecule has 13 heavy (non-hydrogen) atoms. The Bertz CT molecular complexity index is 307. The van der Waals surface area contributed by atoms with Crippen LogP contribution in [0.3, 0.4) is 0 Å². The predicted molar refractivity (Wildman–Crippen MR) is 45.0 cm³/mol. The summed E-state index contributed by atoms with van der Waals surface area (Å²) in [7, 11) is -2.60. The van der Waals surface area contributed by atoms with Crippen molar-refractivity contribution in [2.24, 2.45) is 0 Å². The molecule has 0 aliphatic carbocycles. The first-order chi connectivity index (χ1) is 5.81. The van der Waals surface area contributed by atoms with E-state index in [0.29, 0.717) is 0 Å². The van der Waals surface area contributed by atoms with E-state index in [0.717, 1.165) is 6.92 Å². The lowest BCUT2D eigenvalue weighted by Crippen LogP contribution is -2.38. The zero-order chi connectivity index (χ0) is 10.6. The van der Waals surface area contributed by atoms with E-state index in [1.165, 1.54) is 7.05 Å². The third kappa shape index (κ3) is 3.41. The van der Waals surface area contributed by atoms with E-state index in [9.17, 15) is 18.0 Å². The Morgan fingerprint density at radius 1 is 1.46 bits per heavy atom. The second-order valence-corrected chi connectivity index (χ2v) is 4.78. The molecule has 0 aliphatic heterocycles. The van der Waals surface area contributed by atoms with Crippen molar-refractivity contribution in [2.45, 2.75) is 12.2 Å². The van der Waals surface area contributed by atoms with Crippen LogP contribution in [0.4, 0.5) is 0 Å². The van der Waals surface area contributed by atoms with Gasteiger partial charge in [0.05, 0.1) is 0 Å². The Hall–Kier alpha value is -1.11. The predicted octanol–water partition coefficient (Wildman–Crippen LogP) is -1.38. The average Bonchev–Trinajstić information content (AvgIpc) is 1.99. The molecule has 0 saturated carbocycles. The van der Waals surface area contributed by atoms with Crippen LogP contribution in [0.25, 0.3) is 0 Å². The van der Waals surface area contributed by atoms with Crippen molar-refractivity contribution >= 4 is 21.7 Å². The van der Waals surface area contributed by atoms with Gasteiger partial charge >= 0.3 is 5.97 Å². The molecule has 0 rings (SSSR count). The first kappa shape index (κ1) is 11.9. The van der Waals surface area contributed by atoms with Crippen LogP contribution >= 0.6 is 0 Å². The Kier molecular flexibility index (Phi) is 3.86. The molecule has 0 radical (unpaired) electrons. The first-order valence-corrected chi connectivity index (χ1v) is 5.17. The van der Waals surface area contributed by atoms with E-state index in [1.807, 2.05) is 0 Å². The molecule has 1 amide bonds. The third-order valence-electron chi connectivity index (χ3n) is 1.48. The largest absolute Gasteiger partial charge is 0.480 e. The number of hydrogen-bond donors (Lipinski definition) is 2. The van der Waals surface area contributed by atoms with Crippen molar-refractivity contribution in [1.29, 1.82) is 0 Å². The fraction of sp³-hybridized carbons (Fsp3) is 0.667. The Labute approximate surface area is 75.9 Å². The summed E-state index contributed by atoms with van der Waals surface area (Å²) in [5, 5.41) is 9.05. The van der Waals surface area contributed by atoms with Crippen LogP contribution in [0.2, 0.25) is 0 Å². The van der Waals surface area contributed by atoms with Crippen molar-refractivity contribution in [2.75, 3.05) is 12.8 Å². The molecule has 0 spiro atoms. The molecule has 2 N–H and O–H groups in total. The number of amides is 1. The molecule has 0 heterocycles. The van der Waals surface area contributed by atoms with Crippen LogP contribution in [-0.2, 0) is 19.4 Å². The van der Waals surface area contributed by atoms with E-state index in [2.05, 4.69) is 5.32 Å². The van der Waals surface area contributed by atoms with Crippen molar-refractivity contribution in [3.8, 4) is 0 Å². The number of carboxylic acid groups (broad SMARTS) is 1. The highest BCUT2D eigenvalue weighted by Crippen LogP contribution is 2.01. The second-order valence-electron chi connectivity index (χ2n) is 2.46. The van der Waals surface area contributed by atoms with Crippen molar-refractivity contribution in [3.05, 3.63) is 0 Å². The maximum atomic E-state index is 11.1. The summed E-state index contributed by atoms with van der Waals surface area (Å²) >= 11 is 0. The SMILES string of the molecule is CNC(=O)C(C)S(=O)(=O)CC(=O)O.